The van der Waals surface area contributed by atoms with E-state index in [1.165, 1.54) is 0 Å². The van der Waals surface area contributed by atoms with E-state index in [0.29, 0.717) is 13.0 Å². The van der Waals surface area contributed by atoms with Crippen molar-refractivity contribution < 1.29 is 10.2 Å². The van der Waals surface area contributed by atoms with Gasteiger partial charge < -0.3 is 15.9 Å². The van der Waals surface area contributed by atoms with E-state index in [0.717, 1.165) is 18.4 Å². The number of para-hydroxylation sites is 1. The van der Waals surface area contributed by atoms with Gasteiger partial charge in [-0.3, -0.25) is 0 Å². The Morgan fingerprint density at radius 2 is 2.00 bits per heavy atom. The average Bonchev–Trinajstić information content (AvgIpc) is 2.56. The summed E-state index contributed by atoms with van der Waals surface area (Å²) in [5, 5.41) is 20.0. The van der Waals surface area contributed by atoms with E-state index in [1.54, 1.807) is 12.1 Å². The molecule has 1 aliphatic rings. The zero-order valence-electron chi connectivity index (χ0n) is 9.61. The molecule has 1 saturated carbocycles. The zero-order chi connectivity index (χ0) is 11.8. The van der Waals surface area contributed by atoms with E-state index in [4.69, 9.17) is 5.73 Å². The Morgan fingerprint density at radius 1 is 1.31 bits per heavy atom. The lowest BCUT2D eigenvalue weighted by atomic mass is 9.77. The summed E-state index contributed by atoms with van der Waals surface area (Å²) in [5.41, 5.74) is 5.81. The van der Waals surface area contributed by atoms with Crippen LogP contribution in [0.15, 0.2) is 24.3 Å². The summed E-state index contributed by atoms with van der Waals surface area (Å²) >= 11 is 0. The Hall–Kier alpha value is -1.06. The van der Waals surface area contributed by atoms with Crippen LogP contribution in [-0.2, 0) is 5.41 Å². The minimum atomic E-state index is -0.665. The highest BCUT2D eigenvalue weighted by Gasteiger charge is 2.45. The topological polar surface area (TPSA) is 66.5 Å². The first kappa shape index (κ1) is 11.4. The number of phenolic OH excluding ortho intramolecular Hbond substituents is 1. The van der Waals surface area contributed by atoms with Crippen molar-refractivity contribution in [3.8, 4) is 5.75 Å². The number of nitrogens with two attached hydrogens (primary N) is 1. The Kier molecular flexibility index (Phi) is 2.68. The van der Waals surface area contributed by atoms with Gasteiger partial charge in [-0.15, -0.1) is 0 Å². The second-order valence-corrected chi connectivity index (χ2v) is 5.18. The molecule has 0 radical (unpaired) electrons. The third-order valence-corrected chi connectivity index (χ3v) is 3.73. The van der Waals surface area contributed by atoms with E-state index in [9.17, 15) is 10.2 Å². The summed E-state index contributed by atoms with van der Waals surface area (Å²) in [6.45, 7) is 2.30. The fraction of sp³-hybridized carbons (Fsp3) is 0.538. The maximum atomic E-state index is 10.1. The van der Waals surface area contributed by atoms with Crippen LogP contribution in [0.25, 0.3) is 0 Å². The minimum Gasteiger partial charge on any atom is -0.508 e. The molecule has 0 aromatic heterocycles. The molecule has 0 heterocycles. The quantitative estimate of drug-likeness (QED) is 0.709. The predicted octanol–water partition coefficient (Wildman–Crippen LogP) is 1.52. The molecule has 1 fully saturated rings. The molecule has 2 atom stereocenters. The van der Waals surface area contributed by atoms with Gasteiger partial charge in [0.05, 0.1) is 5.60 Å². The summed E-state index contributed by atoms with van der Waals surface area (Å²) in [6, 6.07) is 7.29. The first-order valence-corrected chi connectivity index (χ1v) is 5.70. The molecule has 1 aromatic rings. The lowest BCUT2D eigenvalue weighted by Gasteiger charge is -2.30. The van der Waals surface area contributed by atoms with E-state index >= 15 is 0 Å². The van der Waals surface area contributed by atoms with Gasteiger partial charge in [-0.05, 0) is 32.3 Å². The molecule has 2 rings (SSSR count). The number of hydrogen-bond acceptors (Lipinski definition) is 3. The first-order valence-electron chi connectivity index (χ1n) is 5.70. The fourth-order valence-corrected chi connectivity index (χ4v) is 2.85. The maximum absolute atomic E-state index is 10.1. The van der Waals surface area contributed by atoms with Gasteiger partial charge in [0.2, 0.25) is 0 Å². The maximum Gasteiger partial charge on any atom is 0.119 e. The van der Waals surface area contributed by atoms with Gasteiger partial charge in [0.25, 0.3) is 0 Å². The van der Waals surface area contributed by atoms with Gasteiger partial charge in [0.15, 0.2) is 0 Å². The average molecular weight is 221 g/mol. The van der Waals surface area contributed by atoms with Crippen molar-refractivity contribution in [2.75, 3.05) is 6.54 Å². The van der Waals surface area contributed by atoms with Crippen LogP contribution in [0.3, 0.4) is 0 Å². The standard InChI is InChI=1S/C13H19NO2/c1-12(16)6-7-13(8-12,9-14)10-4-2-3-5-11(10)15/h2-5,15-16H,6-9,14H2,1H3. The molecule has 16 heavy (non-hydrogen) atoms. The van der Waals surface area contributed by atoms with Crippen LogP contribution < -0.4 is 5.73 Å². The molecule has 3 heteroatoms. The van der Waals surface area contributed by atoms with E-state index in [1.807, 2.05) is 19.1 Å². The number of phenols is 1. The molecular formula is C13H19NO2. The molecule has 0 spiro atoms. The highest BCUT2D eigenvalue weighted by atomic mass is 16.3. The number of aliphatic hydroxyl groups is 1. The molecule has 1 aliphatic carbocycles. The van der Waals surface area contributed by atoms with Crippen LogP contribution in [0.4, 0.5) is 0 Å². The van der Waals surface area contributed by atoms with E-state index in [-0.39, 0.29) is 11.2 Å². The predicted molar refractivity (Wildman–Crippen MR) is 63.3 cm³/mol. The van der Waals surface area contributed by atoms with Crippen molar-refractivity contribution in [3.05, 3.63) is 29.8 Å². The smallest absolute Gasteiger partial charge is 0.119 e. The summed E-state index contributed by atoms with van der Waals surface area (Å²) in [7, 11) is 0. The van der Waals surface area contributed by atoms with Crippen LogP contribution in [0.1, 0.15) is 31.7 Å². The number of rotatable bonds is 2. The fourth-order valence-electron chi connectivity index (χ4n) is 2.85. The first-order chi connectivity index (χ1) is 7.49. The third-order valence-electron chi connectivity index (χ3n) is 3.73. The van der Waals surface area contributed by atoms with Crippen LogP contribution in [0, 0.1) is 0 Å². The van der Waals surface area contributed by atoms with Gasteiger partial charge in [0.1, 0.15) is 5.75 Å². The Labute approximate surface area is 95.9 Å². The lowest BCUT2D eigenvalue weighted by molar-refractivity contribution is 0.0610. The largest absolute Gasteiger partial charge is 0.508 e. The van der Waals surface area contributed by atoms with Gasteiger partial charge in [-0.1, -0.05) is 18.2 Å². The van der Waals surface area contributed by atoms with Crippen molar-refractivity contribution in [1.82, 2.24) is 0 Å². The normalized spacial score (nSPS) is 34.2. The van der Waals surface area contributed by atoms with Crippen molar-refractivity contribution in [2.45, 2.75) is 37.2 Å². The second kappa shape index (κ2) is 3.75. The van der Waals surface area contributed by atoms with Crippen molar-refractivity contribution in [2.24, 2.45) is 5.73 Å². The Bertz CT molecular complexity index is 389. The Morgan fingerprint density at radius 3 is 2.50 bits per heavy atom. The molecule has 0 aliphatic heterocycles. The number of hydrogen-bond donors (Lipinski definition) is 3. The van der Waals surface area contributed by atoms with Crippen LogP contribution in [0.5, 0.6) is 5.75 Å². The molecular weight excluding hydrogens is 202 g/mol. The zero-order valence-corrected chi connectivity index (χ0v) is 9.61. The molecule has 2 unspecified atom stereocenters. The summed E-state index contributed by atoms with van der Waals surface area (Å²) < 4.78 is 0. The van der Waals surface area contributed by atoms with Gasteiger partial charge in [-0.2, -0.15) is 0 Å². The monoisotopic (exact) mass is 221 g/mol. The summed E-state index contributed by atoms with van der Waals surface area (Å²) in [4.78, 5) is 0. The molecule has 4 N–H and O–H groups in total. The second-order valence-electron chi connectivity index (χ2n) is 5.18. The van der Waals surface area contributed by atoms with Gasteiger partial charge >= 0.3 is 0 Å². The van der Waals surface area contributed by atoms with Crippen molar-refractivity contribution in [1.29, 1.82) is 0 Å². The third kappa shape index (κ3) is 1.81. The SMILES string of the molecule is CC1(O)CCC(CN)(c2ccccc2O)C1. The summed E-state index contributed by atoms with van der Waals surface area (Å²) in [6.07, 6.45) is 2.18. The molecule has 0 bridgehead atoms. The van der Waals surface area contributed by atoms with Crippen molar-refractivity contribution >= 4 is 0 Å². The summed E-state index contributed by atoms with van der Waals surface area (Å²) in [5.74, 6) is 0.283. The van der Waals surface area contributed by atoms with Crippen LogP contribution in [-0.4, -0.2) is 22.4 Å². The van der Waals surface area contributed by atoms with E-state index < -0.39 is 5.60 Å². The van der Waals surface area contributed by atoms with Gasteiger partial charge in [0, 0.05) is 17.5 Å². The molecule has 3 nitrogen and oxygen atoms in total. The highest BCUT2D eigenvalue weighted by molar-refractivity contribution is 5.40. The molecule has 1 aromatic carbocycles. The van der Waals surface area contributed by atoms with Crippen LogP contribution >= 0.6 is 0 Å². The van der Waals surface area contributed by atoms with Crippen LogP contribution in [0.2, 0.25) is 0 Å². The lowest BCUT2D eigenvalue weighted by Crippen LogP contribution is -2.35. The highest BCUT2D eigenvalue weighted by Crippen LogP contribution is 2.47. The molecule has 88 valence electrons. The number of benzene rings is 1. The van der Waals surface area contributed by atoms with Crippen molar-refractivity contribution in [3.63, 3.8) is 0 Å². The molecule has 0 amide bonds. The molecule has 0 saturated heterocycles. The van der Waals surface area contributed by atoms with E-state index in [2.05, 4.69) is 0 Å². The number of aromatic hydroxyl groups is 1. The van der Waals surface area contributed by atoms with Gasteiger partial charge in [-0.25, -0.2) is 0 Å². The Balaban J connectivity index is 2.41. The minimum absolute atomic E-state index is 0.269.